The van der Waals surface area contributed by atoms with Gasteiger partial charge < -0.3 is 9.80 Å². The number of hydrogen-bond acceptors (Lipinski definition) is 2. The van der Waals surface area contributed by atoms with E-state index in [9.17, 15) is 0 Å². The monoisotopic (exact) mass is 762 g/mol. The molecule has 1 fully saturated rings. The smallest absolute Gasteiger partial charge is 0.0775 e. The molecule has 280 valence electrons. The molecule has 0 heterocycles. The van der Waals surface area contributed by atoms with Gasteiger partial charge >= 0.3 is 0 Å². The molecule has 8 aromatic carbocycles. The normalized spacial score (nSPS) is 14.2. The van der Waals surface area contributed by atoms with Crippen molar-refractivity contribution in [1.82, 2.24) is 0 Å². The number of nitrogens with zero attached hydrogens (tertiary/aromatic N) is 2. The molecule has 4 heteroatoms. The summed E-state index contributed by atoms with van der Waals surface area (Å²) in [5.41, 5.74) is 8.53. The molecule has 0 bridgehead atoms. The van der Waals surface area contributed by atoms with Gasteiger partial charge in [0.1, 0.15) is 0 Å². The minimum Gasteiger partial charge on any atom is -0.310 e. The molecule has 1 saturated carbocycles. The van der Waals surface area contributed by atoms with E-state index in [2.05, 4.69) is 201 Å². The highest BCUT2D eigenvalue weighted by atomic mass is 28.3. The van der Waals surface area contributed by atoms with E-state index in [1.54, 1.807) is 0 Å². The summed E-state index contributed by atoms with van der Waals surface area (Å²) in [4.78, 5) is 4.99. The fraction of sp³-hybridized carbons (Fsp3) is 0.231. The average molecular weight is 763 g/mol. The van der Waals surface area contributed by atoms with Gasteiger partial charge in [-0.25, -0.2) is 0 Å². The topological polar surface area (TPSA) is 6.48 Å². The summed E-state index contributed by atoms with van der Waals surface area (Å²) in [6.45, 7) is 14.6. The first-order chi connectivity index (χ1) is 27.0. The van der Waals surface area contributed by atoms with Crippen molar-refractivity contribution in [3.63, 3.8) is 0 Å². The third-order valence-electron chi connectivity index (χ3n) is 12.3. The lowest BCUT2D eigenvalue weighted by Crippen LogP contribution is -2.37. The second-order valence-corrected chi connectivity index (χ2v) is 28.3. The van der Waals surface area contributed by atoms with Crippen molar-refractivity contribution in [2.75, 3.05) is 9.80 Å². The molecule has 2 nitrogen and oxygen atoms in total. The Hall–Kier alpha value is -5.17. The van der Waals surface area contributed by atoms with E-state index in [0.29, 0.717) is 5.92 Å². The van der Waals surface area contributed by atoms with Gasteiger partial charge in [0.15, 0.2) is 0 Å². The fourth-order valence-corrected chi connectivity index (χ4v) is 11.5. The molecular formula is C52H54N2Si2. The molecule has 9 rings (SSSR count). The Morgan fingerprint density at radius 2 is 0.821 bits per heavy atom. The van der Waals surface area contributed by atoms with Gasteiger partial charge in [-0.3, -0.25) is 0 Å². The zero-order valence-corrected chi connectivity index (χ0v) is 35.9. The Labute approximate surface area is 335 Å². The van der Waals surface area contributed by atoms with Crippen LogP contribution in [-0.4, -0.2) is 16.1 Å². The Balaban J connectivity index is 1.36. The van der Waals surface area contributed by atoms with E-state index in [4.69, 9.17) is 0 Å². The number of rotatable bonds is 9. The maximum absolute atomic E-state index is 2.53. The molecule has 0 amide bonds. The van der Waals surface area contributed by atoms with E-state index < -0.39 is 16.1 Å². The Morgan fingerprint density at radius 3 is 1.23 bits per heavy atom. The zero-order valence-electron chi connectivity index (χ0n) is 33.9. The highest BCUT2D eigenvalue weighted by Gasteiger charge is 2.26. The third-order valence-corrected chi connectivity index (χ3v) is 16.4. The van der Waals surface area contributed by atoms with Crippen molar-refractivity contribution < 1.29 is 0 Å². The van der Waals surface area contributed by atoms with E-state index in [1.165, 1.54) is 103 Å². The lowest BCUT2D eigenvalue weighted by atomic mass is 9.82. The standard InChI is InChI=1S/C52H54N2Si2/c1-55(2,3)45-28-24-43(25-29-45)53(41-18-12-8-13-19-41)49-36-50(54(42-20-14-9-15-21-42)44-26-30-46(31-27-44)56(4,5)6)48-33-23-39-35-40(37-16-10-7-11-17-37)34-38-22-32-47(49)52(48)51(38)39/h8-9,12-15,18-37H,7,10-11,16-17H2,1-6H3. The molecule has 0 N–H and O–H groups in total. The zero-order chi connectivity index (χ0) is 38.6. The van der Waals surface area contributed by atoms with Gasteiger partial charge in [0.05, 0.1) is 27.5 Å². The highest BCUT2D eigenvalue weighted by Crippen LogP contribution is 2.50. The van der Waals surface area contributed by atoms with Crippen LogP contribution < -0.4 is 20.2 Å². The molecule has 0 radical (unpaired) electrons. The van der Waals surface area contributed by atoms with Gasteiger partial charge in [-0.15, -0.1) is 0 Å². The van der Waals surface area contributed by atoms with Crippen LogP contribution in [0.1, 0.15) is 43.6 Å². The van der Waals surface area contributed by atoms with Crippen molar-refractivity contribution in [2.24, 2.45) is 0 Å². The second kappa shape index (κ2) is 14.4. The number of hydrogen-bond donors (Lipinski definition) is 0. The number of benzene rings is 8. The van der Waals surface area contributed by atoms with Gasteiger partial charge in [-0.05, 0) is 95.1 Å². The number of anilines is 6. The summed E-state index contributed by atoms with van der Waals surface area (Å²) in [7, 11) is -2.99. The molecule has 0 unspecified atom stereocenters. The summed E-state index contributed by atoms with van der Waals surface area (Å²) in [5.74, 6) is 0.650. The lowest BCUT2D eigenvalue weighted by Gasteiger charge is -2.33. The van der Waals surface area contributed by atoms with Crippen LogP contribution in [0.3, 0.4) is 0 Å². The summed E-state index contributed by atoms with van der Waals surface area (Å²) in [5, 5.41) is 10.9. The second-order valence-electron chi connectivity index (χ2n) is 18.1. The molecule has 8 aromatic rings. The molecular weight excluding hydrogens is 709 g/mol. The van der Waals surface area contributed by atoms with E-state index in [-0.39, 0.29) is 0 Å². The summed E-state index contributed by atoms with van der Waals surface area (Å²) < 4.78 is 0. The van der Waals surface area contributed by atoms with Crippen LogP contribution >= 0.6 is 0 Å². The Bertz CT molecular complexity index is 2440. The van der Waals surface area contributed by atoms with Crippen molar-refractivity contribution in [3.8, 4) is 0 Å². The van der Waals surface area contributed by atoms with Crippen LogP contribution in [0, 0.1) is 0 Å². The molecule has 0 atom stereocenters. The van der Waals surface area contributed by atoms with Crippen LogP contribution in [0.4, 0.5) is 34.1 Å². The first-order valence-corrected chi connectivity index (χ1v) is 27.7. The molecule has 56 heavy (non-hydrogen) atoms. The lowest BCUT2D eigenvalue weighted by molar-refractivity contribution is 0.444. The van der Waals surface area contributed by atoms with Gasteiger partial charge in [0.25, 0.3) is 0 Å². The van der Waals surface area contributed by atoms with Crippen LogP contribution in [0.15, 0.2) is 152 Å². The Kier molecular flexibility index (Phi) is 9.38. The van der Waals surface area contributed by atoms with Gasteiger partial charge in [-0.2, -0.15) is 0 Å². The molecule has 1 aliphatic carbocycles. The van der Waals surface area contributed by atoms with Crippen molar-refractivity contribution >= 4 is 93.0 Å². The van der Waals surface area contributed by atoms with Gasteiger partial charge in [-0.1, -0.05) is 166 Å². The van der Waals surface area contributed by atoms with Crippen molar-refractivity contribution in [3.05, 3.63) is 157 Å². The summed E-state index contributed by atoms with van der Waals surface area (Å²) >= 11 is 0. The predicted molar refractivity (Wildman–Crippen MR) is 251 cm³/mol. The molecule has 0 saturated heterocycles. The van der Waals surface area contributed by atoms with Crippen LogP contribution in [0.25, 0.3) is 32.3 Å². The Morgan fingerprint density at radius 1 is 0.411 bits per heavy atom. The SMILES string of the molecule is C[Si](C)(C)c1ccc(N(c2ccccc2)c2cc(N(c3ccccc3)c3ccc([Si](C)(C)C)cc3)c3ccc4cc(C5CCCCC5)cc5ccc2c3c54)cc1. The molecule has 0 aliphatic heterocycles. The van der Waals surface area contributed by atoms with E-state index >= 15 is 0 Å². The number of para-hydroxylation sites is 2. The maximum atomic E-state index is 2.53. The average Bonchev–Trinajstić information content (AvgIpc) is 3.21. The largest absolute Gasteiger partial charge is 0.310 e. The summed E-state index contributed by atoms with van der Waals surface area (Å²) in [6, 6.07) is 57.9. The van der Waals surface area contributed by atoms with Crippen molar-refractivity contribution in [1.29, 1.82) is 0 Å². The van der Waals surface area contributed by atoms with Crippen LogP contribution in [0.2, 0.25) is 39.3 Å². The van der Waals surface area contributed by atoms with Crippen LogP contribution in [0.5, 0.6) is 0 Å². The van der Waals surface area contributed by atoms with Gasteiger partial charge in [0, 0.05) is 38.9 Å². The minimum atomic E-state index is -1.49. The van der Waals surface area contributed by atoms with E-state index in [1.807, 2.05) is 0 Å². The van der Waals surface area contributed by atoms with E-state index in [0.717, 1.165) is 11.4 Å². The minimum absolute atomic E-state index is 0.650. The third kappa shape index (κ3) is 6.73. The van der Waals surface area contributed by atoms with Gasteiger partial charge in [0.2, 0.25) is 0 Å². The molecule has 0 spiro atoms. The van der Waals surface area contributed by atoms with Crippen molar-refractivity contribution in [2.45, 2.75) is 77.3 Å². The fourth-order valence-electron chi connectivity index (χ4n) is 9.17. The predicted octanol–water partition coefficient (Wildman–Crippen LogP) is 14.7. The quantitative estimate of drug-likeness (QED) is 0.107. The summed E-state index contributed by atoms with van der Waals surface area (Å²) in [6.07, 6.45) is 6.64. The molecule has 0 aromatic heterocycles. The highest BCUT2D eigenvalue weighted by molar-refractivity contribution is 6.89. The molecule has 1 aliphatic rings. The first-order valence-electron chi connectivity index (χ1n) is 20.7. The first kappa shape index (κ1) is 36.5. The van der Waals surface area contributed by atoms with Crippen LogP contribution in [-0.2, 0) is 0 Å². The maximum Gasteiger partial charge on any atom is 0.0775 e.